The zero-order valence-corrected chi connectivity index (χ0v) is 18.4. The van der Waals surface area contributed by atoms with Crippen LogP contribution >= 0.6 is 0 Å². The standard InChI is InChI=1S/C26H35N3O/c1-28(2)26(21-11-4-3-5-12-21)15-17-29(18-16-26)25(30)24(19-27)23-14-8-10-20-9-6-7-13-22(20)23/h3-7,9,11-13,23-24H,8,10,14-19,27H2,1-2H3. The van der Waals surface area contributed by atoms with Crippen LogP contribution in [0.3, 0.4) is 0 Å². The molecule has 2 N–H and O–H groups in total. The van der Waals surface area contributed by atoms with E-state index < -0.39 is 0 Å². The largest absolute Gasteiger partial charge is 0.342 e. The Kier molecular flexibility index (Phi) is 6.26. The van der Waals surface area contributed by atoms with E-state index in [1.807, 2.05) is 0 Å². The van der Waals surface area contributed by atoms with E-state index in [0.29, 0.717) is 6.54 Å². The molecular weight excluding hydrogens is 370 g/mol. The third-order valence-electron chi connectivity index (χ3n) is 7.54. The van der Waals surface area contributed by atoms with Crippen molar-refractivity contribution in [1.82, 2.24) is 9.80 Å². The molecule has 1 aliphatic carbocycles. The number of rotatable bonds is 5. The van der Waals surface area contributed by atoms with Gasteiger partial charge in [-0.15, -0.1) is 0 Å². The van der Waals surface area contributed by atoms with Gasteiger partial charge in [-0.2, -0.15) is 0 Å². The molecule has 1 aliphatic heterocycles. The zero-order chi connectivity index (χ0) is 21.1. The molecule has 160 valence electrons. The molecule has 2 aromatic rings. The minimum Gasteiger partial charge on any atom is -0.342 e. The van der Waals surface area contributed by atoms with Crippen molar-refractivity contribution >= 4 is 5.91 Å². The van der Waals surface area contributed by atoms with Gasteiger partial charge in [0.15, 0.2) is 0 Å². The van der Waals surface area contributed by atoms with Crippen LogP contribution in [0.25, 0.3) is 0 Å². The van der Waals surface area contributed by atoms with E-state index in [-0.39, 0.29) is 23.3 Å². The zero-order valence-electron chi connectivity index (χ0n) is 18.4. The Balaban J connectivity index is 1.51. The molecule has 0 spiro atoms. The fourth-order valence-electron chi connectivity index (χ4n) is 5.72. The summed E-state index contributed by atoms with van der Waals surface area (Å²) in [5, 5.41) is 0. The number of carbonyl (C=O) groups is 1. The molecule has 0 bridgehead atoms. The number of benzene rings is 2. The predicted octanol–water partition coefficient (Wildman–Crippen LogP) is 3.76. The van der Waals surface area contributed by atoms with Crippen LogP contribution in [0.5, 0.6) is 0 Å². The van der Waals surface area contributed by atoms with Crippen molar-refractivity contribution in [2.75, 3.05) is 33.7 Å². The maximum absolute atomic E-state index is 13.6. The molecule has 1 saturated heterocycles. The average molecular weight is 406 g/mol. The van der Waals surface area contributed by atoms with E-state index in [1.165, 1.54) is 16.7 Å². The van der Waals surface area contributed by atoms with Gasteiger partial charge in [0.05, 0.1) is 5.92 Å². The fourth-order valence-corrected chi connectivity index (χ4v) is 5.72. The lowest BCUT2D eigenvalue weighted by molar-refractivity contribution is -0.139. The maximum Gasteiger partial charge on any atom is 0.227 e. The van der Waals surface area contributed by atoms with Crippen LogP contribution in [0.2, 0.25) is 0 Å². The summed E-state index contributed by atoms with van der Waals surface area (Å²) in [4.78, 5) is 18.0. The molecule has 0 radical (unpaired) electrons. The molecule has 1 fully saturated rings. The molecule has 4 nitrogen and oxygen atoms in total. The first kappa shape index (κ1) is 21.1. The summed E-state index contributed by atoms with van der Waals surface area (Å²) < 4.78 is 0. The number of nitrogens with two attached hydrogens (primary N) is 1. The molecule has 0 saturated carbocycles. The Hall–Kier alpha value is -2.17. The highest BCUT2D eigenvalue weighted by Crippen LogP contribution is 2.40. The van der Waals surface area contributed by atoms with E-state index in [9.17, 15) is 4.79 Å². The summed E-state index contributed by atoms with van der Waals surface area (Å²) in [6, 6.07) is 19.4. The third-order valence-corrected chi connectivity index (χ3v) is 7.54. The smallest absolute Gasteiger partial charge is 0.227 e. The molecule has 30 heavy (non-hydrogen) atoms. The molecule has 0 aromatic heterocycles. The van der Waals surface area contributed by atoms with Crippen molar-refractivity contribution in [2.24, 2.45) is 11.7 Å². The Morgan fingerprint density at radius 3 is 2.43 bits per heavy atom. The second kappa shape index (κ2) is 8.91. The first-order valence-corrected chi connectivity index (χ1v) is 11.4. The van der Waals surface area contributed by atoms with Crippen LogP contribution < -0.4 is 5.73 Å². The molecule has 2 aromatic carbocycles. The SMILES string of the molecule is CN(C)C1(c2ccccc2)CCN(C(=O)C(CN)C2CCCc3ccccc32)CC1. The fraction of sp³-hybridized carbons (Fsp3) is 0.500. The number of aryl methyl sites for hydroxylation is 1. The monoisotopic (exact) mass is 405 g/mol. The summed E-state index contributed by atoms with van der Waals surface area (Å²) in [5.41, 5.74) is 10.3. The second-order valence-electron chi connectivity index (χ2n) is 9.16. The maximum atomic E-state index is 13.6. The Labute approximate surface area is 181 Å². The van der Waals surface area contributed by atoms with Crippen LogP contribution in [-0.4, -0.2) is 49.4 Å². The number of nitrogens with zero attached hydrogens (tertiary/aromatic N) is 2. The molecule has 4 rings (SSSR count). The Bertz CT molecular complexity index is 856. The van der Waals surface area contributed by atoms with Gasteiger partial charge in [0.25, 0.3) is 0 Å². The third kappa shape index (κ3) is 3.79. The van der Waals surface area contributed by atoms with Crippen LogP contribution in [0, 0.1) is 5.92 Å². The van der Waals surface area contributed by atoms with Crippen molar-refractivity contribution in [1.29, 1.82) is 0 Å². The van der Waals surface area contributed by atoms with Crippen molar-refractivity contribution in [3.8, 4) is 0 Å². The number of carbonyl (C=O) groups excluding carboxylic acids is 1. The second-order valence-corrected chi connectivity index (χ2v) is 9.16. The summed E-state index contributed by atoms with van der Waals surface area (Å²) >= 11 is 0. The summed E-state index contributed by atoms with van der Waals surface area (Å²) in [7, 11) is 4.32. The minimum absolute atomic E-state index is 0.00626. The molecule has 1 amide bonds. The quantitative estimate of drug-likeness (QED) is 0.824. The van der Waals surface area contributed by atoms with Crippen LogP contribution in [0.4, 0.5) is 0 Å². The van der Waals surface area contributed by atoms with Gasteiger partial charge in [-0.25, -0.2) is 0 Å². The first-order valence-electron chi connectivity index (χ1n) is 11.4. The number of hydrogen-bond acceptors (Lipinski definition) is 3. The van der Waals surface area contributed by atoms with Gasteiger partial charge in [-0.3, -0.25) is 9.69 Å². The van der Waals surface area contributed by atoms with Gasteiger partial charge in [-0.1, -0.05) is 54.6 Å². The minimum atomic E-state index is -0.116. The molecule has 2 atom stereocenters. The molecule has 4 heteroatoms. The van der Waals surface area contributed by atoms with Crippen molar-refractivity contribution in [3.63, 3.8) is 0 Å². The van der Waals surface area contributed by atoms with Crippen molar-refractivity contribution < 1.29 is 4.79 Å². The number of piperidine rings is 1. The van der Waals surface area contributed by atoms with Gasteiger partial charge >= 0.3 is 0 Å². The normalized spacial score (nSPS) is 21.9. The van der Waals surface area contributed by atoms with E-state index in [1.54, 1.807) is 0 Å². The van der Waals surface area contributed by atoms with Gasteiger partial charge in [0, 0.05) is 25.2 Å². The van der Waals surface area contributed by atoms with E-state index in [2.05, 4.69) is 78.5 Å². The highest BCUT2D eigenvalue weighted by atomic mass is 16.2. The van der Waals surface area contributed by atoms with Crippen LogP contribution in [-0.2, 0) is 16.8 Å². The number of fused-ring (bicyclic) bond motifs is 1. The molecule has 1 heterocycles. The summed E-state index contributed by atoms with van der Waals surface area (Å²) in [6.07, 6.45) is 5.22. The van der Waals surface area contributed by atoms with Crippen LogP contribution in [0.15, 0.2) is 54.6 Å². The first-order chi connectivity index (χ1) is 14.6. The van der Waals surface area contributed by atoms with Gasteiger partial charge in [0.1, 0.15) is 0 Å². The predicted molar refractivity (Wildman–Crippen MR) is 122 cm³/mol. The molecule has 2 unspecified atom stereocenters. The van der Waals surface area contributed by atoms with Gasteiger partial charge in [-0.05, 0) is 68.8 Å². The molecular formula is C26H35N3O. The van der Waals surface area contributed by atoms with Gasteiger partial charge < -0.3 is 10.6 Å². The van der Waals surface area contributed by atoms with E-state index in [0.717, 1.165) is 45.2 Å². The highest BCUT2D eigenvalue weighted by molar-refractivity contribution is 5.80. The number of amides is 1. The van der Waals surface area contributed by atoms with Crippen molar-refractivity contribution in [3.05, 3.63) is 71.3 Å². The Morgan fingerprint density at radius 2 is 1.77 bits per heavy atom. The van der Waals surface area contributed by atoms with E-state index >= 15 is 0 Å². The number of hydrogen-bond donors (Lipinski definition) is 1. The van der Waals surface area contributed by atoms with E-state index in [4.69, 9.17) is 5.73 Å². The highest BCUT2D eigenvalue weighted by Gasteiger charge is 2.41. The lowest BCUT2D eigenvalue weighted by Crippen LogP contribution is -2.53. The number of likely N-dealkylation sites (tertiary alicyclic amines) is 1. The molecule has 2 aliphatic rings. The van der Waals surface area contributed by atoms with Crippen LogP contribution in [0.1, 0.15) is 48.3 Å². The summed E-state index contributed by atoms with van der Waals surface area (Å²) in [6.45, 7) is 2.00. The topological polar surface area (TPSA) is 49.6 Å². The van der Waals surface area contributed by atoms with Gasteiger partial charge in [0.2, 0.25) is 5.91 Å². The summed E-state index contributed by atoms with van der Waals surface area (Å²) in [5.74, 6) is 0.386. The Morgan fingerprint density at radius 1 is 1.10 bits per heavy atom. The average Bonchev–Trinajstić information content (AvgIpc) is 2.80. The lowest BCUT2D eigenvalue weighted by atomic mass is 9.74. The lowest BCUT2D eigenvalue weighted by Gasteiger charge is -2.47. The van der Waals surface area contributed by atoms with Crippen molar-refractivity contribution in [2.45, 2.75) is 43.6 Å².